The number of aliphatic hydroxyl groups excluding tert-OH is 2. The van der Waals surface area contributed by atoms with E-state index in [4.69, 9.17) is 5.90 Å². The molecule has 9 nitrogen and oxygen atoms in total. The number of anilines is 1. The lowest BCUT2D eigenvalue weighted by atomic mass is 10.00. The maximum atomic E-state index is 14.3. The second-order valence-electron chi connectivity index (χ2n) is 10.8. The standard InChI is InChI=1S/C32H35F2N3O6S/c1-20(2)30-32(44(41,42)36-25-6-4-3-5-7-25)29(21-8-12-23(33)13-9-21)31(22-10-14-24(34)15-11-22)37(30)17-16-26(38)18-27(39)19-28(40)43-35/h3-15,20,26-27,36,38-39H,16-19,35H2,1-2H3. The van der Waals surface area contributed by atoms with Crippen LogP contribution < -0.4 is 10.6 Å². The van der Waals surface area contributed by atoms with Crippen molar-refractivity contribution in [1.82, 2.24) is 4.57 Å². The first-order valence-corrected chi connectivity index (χ1v) is 15.5. The summed E-state index contributed by atoms with van der Waals surface area (Å²) >= 11 is 0. The molecule has 1 aromatic heterocycles. The van der Waals surface area contributed by atoms with Gasteiger partial charge in [-0.15, -0.1) is 0 Å². The number of nitrogens with zero attached hydrogens (tertiary/aromatic N) is 1. The topological polar surface area (TPSA) is 144 Å². The number of nitrogens with one attached hydrogen (secondary N) is 1. The number of rotatable bonds is 13. The summed E-state index contributed by atoms with van der Waals surface area (Å²) in [7, 11) is -4.27. The van der Waals surface area contributed by atoms with E-state index in [1.807, 2.05) is 13.8 Å². The molecule has 2 atom stereocenters. The first-order chi connectivity index (χ1) is 20.9. The van der Waals surface area contributed by atoms with Crippen LogP contribution in [0.4, 0.5) is 14.5 Å². The molecule has 0 saturated carbocycles. The first-order valence-electron chi connectivity index (χ1n) is 14.0. The van der Waals surface area contributed by atoms with Gasteiger partial charge in [0.25, 0.3) is 10.0 Å². The molecule has 44 heavy (non-hydrogen) atoms. The maximum Gasteiger partial charge on any atom is 0.327 e. The zero-order valence-electron chi connectivity index (χ0n) is 24.3. The van der Waals surface area contributed by atoms with E-state index < -0.39 is 46.3 Å². The number of carbonyl (C=O) groups is 1. The first kappa shape index (κ1) is 32.8. The molecule has 0 spiro atoms. The Hall–Kier alpha value is -4.10. The smallest absolute Gasteiger partial charge is 0.327 e. The van der Waals surface area contributed by atoms with Gasteiger partial charge in [0.05, 0.1) is 24.3 Å². The van der Waals surface area contributed by atoms with Gasteiger partial charge >= 0.3 is 5.97 Å². The number of aliphatic hydroxyl groups is 2. The summed E-state index contributed by atoms with van der Waals surface area (Å²) in [6, 6.07) is 19.4. The molecule has 0 aliphatic rings. The van der Waals surface area contributed by atoms with E-state index in [9.17, 15) is 32.2 Å². The average molecular weight is 628 g/mol. The van der Waals surface area contributed by atoms with E-state index in [2.05, 4.69) is 9.56 Å². The molecular weight excluding hydrogens is 592 g/mol. The van der Waals surface area contributed by atoms with Crippen LogP contribution >= 0.6 is 0 Å². The molecule has 0 bridgehead atoms. The fourth-order valence-corrected chi connectivity index (χ4v) is 6.88. The molecule has 0 saturated heterocycles. The molecular formula is C32H35F2N3O6S. The van der Waals surface area contributed by atoms with Gasteiger partial charge in [0.15, 0.2) is 0 Å². The zero-order chi connectivity index (χ0) is 32.0. The van der Waals surface area contributed by atoms with Gasteiger partial charge in [0.2, 0.25) is 0 Å². The Morgan fingerprint density at radius 2 is 1.48 bits per heavy atom. The molecule has 2 unspecified atom stereocenters. The van der Waals surface area contributed by atoms with Crippen LogP contribution in [0.5, 0.6) is 0 Å². The van der Waals surface area contributed by atoms with Crippen LogP contribution in [-0.2, 0) is 26.2 Å². The fraction of sp³-hybridized carbons (Fsp3) is 0.281. The lowest BCUT2D eigenvalue weighted by molar-refractivity contribution is -0.146. The van der Waals surface area contributed by atoms with E-state index in [-0.39, 0.29) is 35.8 Å². The van der Waals surface area contributed by atoms with Crippen LogP contribution in [-0.4, -0.2) is 41.4 Å². The summed E-state index contributed by atoms with van der Waals surface area (Å²) in [4.78, 5) is 15.5. The quantitative estimate of drug-likeness (QED) is 0.147. The minimum absolute atomic E-state index is 0.0394. The number of carbonyl (C=O) groups excluding carboxylic acids is 1. The van der Waals surface area contributed by atoms with Crippen molar-refractivity contribution < 1.29 is 37.0 Å². The van der Waals surface area contributed by atoms with Gasteiger partial charge in [-0.05, 0) is 78.4 Å². The van der Waals surface area contributed by atoms with Gasteiger partial charge in [0.1, 0.15) is 16.5 Å². The van der Waals surface area contributed by atoms with Gasteiger partial charge in [-0.25, -0.2) is 17.2 Å². The van der Waals surface area contributed by atoms with Gasteiger partial charge in [-0.3, -0.25) is 9.52 Å². The highest BCUT2D eigenvalue weighted by atomic mass is 32.2. The SMILES string of the molecule is CC(C)c1c(S(=O)(=O)Nc2ccccc2)c(-c2ccc(F)cc2)c(-c2ccc(F)cc2)n1CCC(O)CC(O)CC(=O)ON. The van der Waals surface area contributed by atoms with E-state index in [1.165, 1.54) is 48.5 Å². The molecule has 0 aliphatic heterocycles. The molecule has 0 fully saturated rings. The van der Waals surface area contributed by atoms with Crippen molar-refractivity contribution >= 4 is 21.7 Å². The van der Waals surface area contributed by atoms with E-state index in [0.29, 0.717) is 28.2 Å². The lowest BCUT2D eigenvalue weighted by Crippen LogP contribution is -2.24. The Morgan fingerprint density at radius 1 is 0.909 bits per heavy atom. The highest BCUT2D eigenvalue weighted by Crippen LogP contribution is 2.45. The molecule has 5 N–H and O–H groups in total. The number of nitrogens with two attached hydrogens (primary N) is 1. The van der Waals surface area contributed by atoms with Crippen LogP contribution in [0.1, 0.15) is 44.7 Å². The summed E-state index contributed by atoms with van der Waals surface area (Å²) in [6.07, 6.45) is -2.81. The third-order valence-corrected chi connectivity index (χ3v) is 8.57. The Kier molecular flexibility index (Phi) is 10.5. The number of benzene rings is 3. The third-order valence-electron chi connectivity index (χ3n) is 7.11. The highest BCUT2D eigenvalue weighted by Gasteiger charge is 2.34. The molecule has 0 aliphatic carbocycles. The Bertz CT molecular complexity index is 1680. The fourth-order valence-electron chi connectivity index (χ4n) is 5.23. The van der Waals surface area contributed by atoms with Crippen LogP contribution in [0.25, 0.3) is 22.4 Å². The van der Waals surface area contributed by atoms with Gasteiger partial charge < -0.3 is 19.6 Å². The predicted molar refractivity (Wildman–Crippen MR) is 163 cm³/mol. The Balaban J connectivity index is 1.93. The molecule has 234 valence electrons. The lowest BCUT2D eigenvalue weighted by Gasteiger charge is -2.20. The van der Waals surface area contributed by atoms with Crippen molar-refractivity contribution in [2.75, 3.05) is 4.72 Å². The predicted octanol–water partition coefficient (Wildman–Crippen LogP) is 5.33. The van der Waals surface area contributed by atoms with Gasteiger partial charge in [-0.1, -0.05) is 44.2 Å². The molecule has 12 heteroatoms. The molecule has 4 aromatic rings. The largest absolute Gasteiger partial charge is 0.393 e. The third kappa shape index (κ3) is 7.69. The van der Waals surface area contributed by atoms with Crippen LogP contribution in [0.15, 0.2) is 83.8 Å². The van der Waals surface area contributed by atoms with Crippen LogP contribution in [0, 0.1) is 11.6 Å². The maximum absolute atomic E-state index is 14.3. The molecule has 0 radical (unpaired) electrons. The van der Waals surface area contributed by atoms with Crippen LogP contribution in [0.3, 0.4) is 0 Å². The summed E-state index contributed by atoms with van der Waals surface area (Å²) in [6.45, 7) is 3.74. The average Bonchev–Trinajstić information content (AvgIpc) is 3.33. The molecule has 0 amide bonds. The van der Waals surface area contributed by atoms with E-state index in [0.717, 1.165) is 0 Å². The van der Waals surface area contributed by atoms with Crippen LogP contribution in [0.2, 0.25) is 0 Å². The summed E-state index contributed by atoms with van der Waals surface area (Å²) in [5.41, 5.74) is 2.36. The minimum Gasteiger partial charge on any atom is -0.393 e. The van der Waals surface area contributed by atoms with Crippen molar-refractivity contribution in [1.29, 1.82) is 0 Å². The number of hydrogen-bond donors (Lipinski definition) is 4. The van der Waals surface area contributed by atoms with Gasteiger partial charge in [-0.2, -0.15) is 5.90 Å². The number of halogens is 2. The minimum atomic E-state index is -4.27. The normalized spacial score (nSPS) is 13.1. The monoisotopic (exact) mass is 627 g/mol. The van der Waals surface area contributed by atoms with Crippen molar-refractivity contribution in [3.05, 3.63) is 96.2 Å². The van der Waals surface area contributed by atoms with E-state index >= 15 is 0 Å². The van der Waals surface area contributed by atoms with Crippen molar-refractivity contribution in [2.24, 2.45) is 5.90 Å². The summed E-state index contributed by atoms with van der Waals surface area (Å²) in [5.74, 6) is 2.65. The second kappa shape index (κ2) is 14.1. The summed E-state index contributed by atoms with van der Waals surface area (Å²) < 4.78 is 61.1. The second-order valence-corrected chi connectivity index (χ2v) is 12.4. The summed E-state index contributed by atoms with van der Waals surface area (Å²) in [5, 5.41) is 21.0. The van der Waals surface area contributed by atoms with Crippen molar-refractivity contribution in [3.63, 3.8) is 0 Å². The zero-order valence-corrected chi connectivity index (χ0v) is 25.1. The van der Waals surface area contributed by atoms with E-state index in [1.54, 1.807) is 34.9 Å². The molecule has 1 heterocycles. The Labute approximate surface area is 254 Å². The molecule has 3 aromatic carbocycles. The molecule has 4 rings (SSSR count). The number of aromatic nitrogens is 1. The number of hydrogen-bond acceptors (Lipinski definition) is 7. The van der Waals surface area contributed by atoms with Crippen molar-refractivity contribution in [3.8, 4) is 22.4 Å². The Morgan fingerprint density at radius 3 is 2.02 bits per heavy atom. The number of sulfonamides is 1. The highest BCUT2D eigenvalue weighted by molar-refractivity contribution is 7.93. The number of para-hydroxylation sites is 1. The van der Waals surface area contributed by atoms with Gasteiger partial charge in [0, 0.05) is 23.5 Å². The van der Waals surface area contributed by atoms with Crippen molar-refractivity contribution in [2.45, 2.75) is 62.7 Å².